The van der Waals surface area contributed by atoms with Crippen molar-refractivity contribution in [3.63, 3.8) is 0 Å². The molecule has 2 unspecified atom stereocenters. The zero-order valence-corrected chi connectivity index (χ0v) is 13.5. The second kappa shape index (κ2) is 6.24. The number of aromatic nitrogens is 1. The molecule has 2 nitrogen and oxygen atoms in total. The summed E-state index contributed by atoms with van der Waals surface area (Å²) in [4.78, 5) is 4.55. The number of benzene rings is 1. The van der Waals surface area contributed by atoms with Crippen LogP contribution in [0.5, 0.6) is 0 Å². The summed E-state index contributed by atoms with van der Waals surface area (Å²) < 4.78 is 15.0. The predicted octanol–water partition coefficient (Wildman–Crippen LogP) is 4.36. The topological polar surface area (TPSA) is 24.9 Å². The summed E-state index contributed by atoms with van der Waals surface area (Å²) in [6, 6.07) is 9.56. The highest BCUT2D eigenvalue weighted by Crippen LogP contribution is 2.41. The maximum Gasteiger partial charge on any atom is 0.142 e. The van der Waals surface area contributed by atoms with Gasteiger partial charge in [-0.25, -0.2) is 4.39 Å². The van der Waals surface area contributed by atoms with Crippen LogP contribution >= 0.6 is 15.9 Å². The lowest BCUT2D eigenvalue weighted by atomic mass is 9.90. The quantitative estimate of drug-likeness (QED) is 0.887. The zero-order chi connectivity index (χ0) is 14.8. The van der Waals surface area contributed by atoms with Gasteiger partial charge in [0, 0.05) is 29.4 Å². The van der Waals surface area contributed by atoms with Crippen LogP contribution in [0.2, 0.25) is 0 Å². The van der Waals surface area contributed by atoms with E-state index < -0.39 is 0 Å². The fourth-order valence-electron chi connectivity index (χ4n) is 3.22. The summed E-state index contributed by atoms with van der Waals surface area (Å²) in [5.41, 5.74) is 3.12. The Morgan fingerprint density at radius 2 is 2.24 bits per heavy atom. The highest BCUT2D eigenvalue weighted by Gasteiger charge is 2.33. The number of pyridine rings is 1. The lowest BCUT2D eigenvalue weighted by molar-refractivity contribution is 0.428. The number of halogens is 2. The molecule has 2 aromatic rings. The molecule has 4 heteroatoms. The van der Waals surface area contributed by atoms with E-state index in [-0.39, 0.29) is 17.8 Å². The third-order valence-electron chi connectivity index (χ3n) is 4.14. The summed E-state index contributed by atoms with van der Waals surface area (Å²) in [6.07, 6.45) is 3.86. The molecule has 1 heterocycles. The van der Waals surface area contributed by atoms with Crippen LogP contribution in [0.25, 0.3) is 0 Å². The largest absolute Gasteiger partial charge is 0.310 e. The van der Waals surface area contributed by atoms with E-state index in [2.05, 4.69) is 39.2 Å². The first kappa shape index (κ1) is 14.7. The lowest BCUT2D eigenvalue weighted by Crippen LogP contribution is -2.27. The van der Waals surface area contributed by atoms with E-state index in [1.807, 2.05) is 24.4 Å². The van der Waals surface area contributed by atoms with E-state index in [0.29, 0.717) is 4.47 Å². The molecule has 0 spiro atoms. The Morgan fingerprint density at radius 3 is 3.05 bits per heavy atom. The minimum absolute atomic E-state index is 0.0383. The van der Waals surface area contributed by atoms with Crippen LogP contribution in [0.15, 0.2) is 41.0 Å². The van der Waals surface area contributed by atoms with Gasteiger partial charge in [0.05, 0.1) is 4.47 Å². The average molecular weight is 349 g/mol. The molecule has 1 aliphatic rings. The van der Waals surface area contributed by atoms with Gasteiger partial charge in [0.1, 0.15) is 5.82 Å². The van der Waals surface area contributed by atoms with Crippen LogP contribution in [0.4, 0.5) is 4.39 Å². The van der Waals surface area contributed by atoms with Crippen LogP contribution in [0.1, 0.15) is 42.1 Å². The molecule has 3 rings (SSSR count). The van der Waals surface area contributed by atoms with Crippen molar-refractivity contribution >= 4 is 15.9 Å². The van der Waals surface area contributed by atoms with Crippen molar-refractivity contribution in [2.24, 2.45) is 0 Å². The van der Waals surface area contributed by atoms with E-state index in [1.54, 1.807) is 6.07 Å². The second-order valence-corrected chi connectivity index (χ2v) is 6.23. The highest BCUT2D eigenvalue weighted by molar-refractivity contribution is 9.10. The van der Waals surface area contributed by atoms with E-state index in [4.69, 9.17) is 0 Å². The van der Waals surface area contributed by atoms with Gasteiger partial charge in [-0.15, -0.1) is 0 Å². The van der Waals surface area contributed by atoms with Gasteiger partial charge in [0.2, 0.25) is 0 Å². The Bertz CT molecular complexity index is 644. The number of nitrogens with one attached hydrogen (secondary N) is 1. The van der Waals surface area contributed by atoms with Gasteiger partial charge in [0.15, 0.2) is 0 Å². The third-order valence-corrected chi connectivity index (χ3v) is 4.76. The fourth-order valence-corrected chi connectivity index (χ4v) is 3.60. The van der Waals surface area contributed by atoms with E-state index in [0.717, 1.165) is 30.6 Å². The smallest absolute Gasteiger partial charge is 0.142 e. The molecular weight excluding hydrogens is 331 g/mol. The Labute approximate surface area is 132 Å². The van der Waals surface area contributed by atoms with Crippen LogP contribution in [0, 0.1) is 5.82 Å². The van der Waals surface area contributed by atoms with Gasteiger partial charge >= 0.3 is 0 Å². The number of likely N-dealkylation sites (N-methyl/N-ethyl adjacent to an activating group) is 1. The SMILES string of the molecule is CCNC(c1cccc(Br)c1F)C1CCc2cccnc21. The molecule has 0 radical (unpaired) electrons. The second-order valence-electron chi connectivity index (χ2n) is 5.37. The molecule has 21 heavy (non-hydrogen) atoms. The molecule has 0 bridgehead atoms. The normalized spacial score (nSPS) is 18.5. The molecule has 0 saturated carbocycles. The van der Waals surface area contributed by atoms with Gasteiger partial charge in [0.25, 0.3) is 0 Å². The predicted molar refractivity (Wildman–Crippen MR) is 85.8 cm³/mol. The van der Waals surface area contributed by atoms with Crippen molar-refractivity contribution in [3.8, 4) is 0 Å². The molecule has 0 aliphatic heterocycles. The first-order valence-corrected chi connectivity index (χ1v) is 8.12. The molecule has 0 amide bonds. The van der Waals surface area contributed by atoms with Crippen molar-refractivity contribution in [1.29, 1.82) is 0 Å². The van der Waals surface area contributed by atoms with Crippen LogP contribution in [0.3, 0.4) is 0 Å². The zero-order valence-electron chi connectivity index (χ0n) is 11.9. The summed E-state index contributed by atoms with van der Waals surface area (Å²) >= 11 is 3.29. The Balaban J connectivity index is 2.02. The summed E-state index contributed by atoms with van der Waals surface area (Å²) in [5.74, 6) is 0.0535. The Kier molecular flexibility index (Phi) is 4.36. The number of rotatable bonds is 4. The minimum atomic E-state index is -0.173. The maximum atomic E-state index is 14.5. The molecule has 1 aliphatic carbocycles. The highest BCUT2D eigenvalue weighted by atomic mass is 79.9. The molecule has 1 N–H and O–H groups in total. The first-order chi connectivity index (χ1) is 10.2. The average Bonchev–Trinajstić information content (AvgIpc) is 2.92. The maximum absolute atomic E-state index is 14.5. The summed E-state index contributed by atoms with van der Waals surface area (Å²) in [7, 11) is 0. The molecular formula is C17H18BrFN2. The van der Waals surface area contributed by atoms with Crippen molar-refractivity contribution in [2.75, 3.05) is 6.54 Å². The lowest BCUT2D eigenvalue weighted by Gasteiger charge is -2.26. The number of nitrogens with zero attached hydrogens (tertiary/aromatic N) is 1. The Morgan fingerprint density at radius 1 is 1.38 bits per heavy atom. The molecule has 110 valence electrons. The summed E-state index contributed by atoms with van der Waals surface area (Å²) in [6.45, 7) is 2.85. The van der Waals surface area contributed by atoms with Gasteiger partial charge in [-0.2, -0.15) is 0 Å². The van der Waals surface area contributed by atoms with Crippen LogP contribution < -0.4 is 5.32 Å². The minimum Gasteiger partial charge on any atom is -0.310 e. The van der Waals surface area contributed by atoms with Crippen molar-refractivity contribution in [2.45, 2.75) is 31.7 Å². The van der Waals surface area contributed by atoms with Gasteiger partial charge in [-0.3, -0.25) is 4.98 Å². The van der Waals surface area contributed by atoms with E-state index in [9.17, 15) is 4.39 Å². The standard InChI is InChI=1S/C17H18BrFN2/c1-2-20-17(12-6-3-7-14(18)15(12)19)13-9-8-11-5-4-10-21-16(11)13/h3-7,10,13,17,20H,2,8-9H2,1H3. The van der Waals surface area contributed by atoms with Gasteiger partial charge in [-0.1, -0.05) is 25.1 Å². The van der Waals surface area contributed by atoms with Crippen molar-refractivity contribution in [1.82, 2.24) is 10.3 Å². The monoisotopic (exact) mass is 348 g/mol. The number of hydrogen-bond donors (Lipinski definition) is 1. The first-order valence-electron chi connectivity index (χ1n) is 7.33. The summed E-state index contributed by atoms with van der Waals surface area (Å²) in [5, 5.41) is 3.45. The molecule has 0 saturated heterocycles. The van der Waals surface area contributed by atoms with Crippen molar-refractivity contribution in [3.05, 3.63) is 63.6 Å². The van der Waals surface area contributed by atoms with Gasteiger partial charge in [-0.05, 0) is 53.0 Å². The number of hydrogen-bond acceptors (Lipinski definition) is 2. The number of aryl methyl sites for hydroxylation is 1. The van der Waals surface area contributed by atoms with E-state index in [1.165, 1.54) is 5.56 Å². The molecule has 1 aromatic carbocycles. The fraction of sp³-hybridized carbons (Fsp3) is 0.353. The van der Waals surface area contributed by atoms with Crippen molar-refractivity contribution < 1.29 is 4.39 Å². The third kappa shape index (κ3) is 2.74. The van der Waals surface area contributed by atoms with Gasteiger partial charge < -0.3 is 5.32 Å². The number of fused-ring (bicyclic) bond motifs is 1. The molecule has 2 atom stereocenters. The molecule has 1 aromatic heterocycles. The van der Waals surface area contributed by atoms with Crippen LogP contribution in [-0.2, 0) is 6.42 Å². The van der Waals surface area contributed by atoms with Crippen LogP contribution in [-0.4, -0.2) is 11.5 Å². The van der Waals surface area contributed by atoms with E-state index >= 15 is 0 Å². The molecule has 0 fully saturated rings. The Hall–Kier alpha value is -1.26.